The molecule has 0 saturated heterocycles. The van der Waals surface area contributed by atoms with Crippen LogP contribution in [0, 0.1) is 35.0 Å². The predicted octanol–water partition coefficient (Wildman–Crippen LogP) is 9.53. The third kappa shape index (κ3) is 13.2. The van der Waals surface area contributed by atoms with Gasteiger partial charge in [0.1, 0.15) is 0 Å². The van der Waals surface area contributed by atoms with Gasteiger partial charge in [0.25, 0.3) is 0 Å². The van der Waals surface area contributed by atoms with Crippen LogP contribution in [-0.4, -0.2) is 31.3 Å². The van der Waals surface area contributed by atoms with Crippen LogP contribution in [0.15, 0.2) is 0 Å². The highest BCUT2D eigenvalue weighted by atomic mass is 35.5. The lowest BCUT2D eigenvalue weighted by atomic mass is 9.65. The van der Waals surface area contributed by atoms with Gasteiger partial charge in [0.15, 0.2) is 0 Å². The number of halogens is 1. The maximum Gasteiger partial charge on any atom is 0.0547 e. The maximum atomic E-state index is 7.40. The van der Waals surface area contributed by atoms with Gasteiger partial charge >= 0.3 is 0 Å². The summed E-state index contributed by atoms with van der Waals surface area (Å²) in [5.74, 6) is 3.31. The Labute approximate surface area is 213 Å². The molecule has 1 rings (SSSR count). The molecule has 1 aliphatic rings. The first-order valence-corrected chi connectivity index (χ1v) is 14.7. The average molecular weight is 487 g/mol. The summed E-state index contributed by atoms with van der Waals surface area (Å²) < 4.78 is 12.9. The second-order valence-electron chi connectivity index (χ2n) is 13.0. The highest BCUT2D eigenvalue weighted by Crippen LogP contribution is 2.46. The van der Waals surface area contributed by atoms with Crippen molar-refractivity contribution in [2.75, 3.05) is 26.4 Å². The fraction of sp³-hybridized carbons (Fsp3) is 1.00. The highest BCUT2D eigenvalue weighted by Gasteiger charge is 2.42. The van der Waals surface area contributed by atoms with Crippen molar-refractivity contribution in [1.29, 1.82) is 0 Å². The molecule has 1 aliphatic carbocycles. The maximum absolute atomic E-state index is 7.40. The number of rotatable bonds is 18. The van der Waals surface area contributed by atoms with Crippen LogP contribution < -0.4 is 0 Å². The highest BCUT2D eigenvalue weighted by molar-refractivity contribution is 6.23. The zero-order valence-corrected chi connectivity index (χ0v) is 24.4. The van der Waals surface area contributed by atoms with Crippen LogP contribution in [-0.2, 0) is 9.47 Å². The van der Waals surface area contributed by atoms with E-state index in [1.165, 1.54) is 32.1 Å². The molecule has 198 valence electrons. The summed E-state index contributed by atoms with van der Waals surface area (Å²) in [4.78, 5) is -0.113. The summed E-state index contributed by atoms with van der Waals surface area (Å²) in [7, 11) is 0. The zero-order chi connectivity index (χ0) is 24.9. The molecule has 2 nitrogen and oxygen atoms in total. The lowest BCUT2D eigenvalue weighted by Crippen LogP contribution is -2.43. The fourth-order valence-electron chi connectivity index (χ4n) is 5.75. The third-order valence-corrected chi connectivity index (χ3v) is 8.05. The first-order valence-electron chi connectivity index (χ1n) is 14.3. The molecular formula is C30H59ClO2. The molecule has 0 atom stereocenters. The van der Waals surface area contributed by atoms with E-state index in [2.05, 4.69) is 55.4 Å². The smallest absolute Gasteiger partial charge is 0.0547 e. The van der Waals surface area contributed by atoms with Crippen LogP contribution in [0.4, 0.5) is 0 Å². The standard InChI is InChI=1S/C30H59ClO2/c1-24(2)14-18-32-22-29(23-33-19-15-25(3)4,28-12-10-9-11-13-28)16-17-30(31,20-26(5)6)21-27(7)8/h24-28H,9-23H2,1-8H3. The summed E-state index contributed by atoms with van der Waals surface area (Å²) in [6.45, 7) is 21.8. The van der Waals surface area contributed by atoms with Crippen LogP contribution >= 0.6 is 11.6 Å². The van der Waals surface area contributed by atoms with E-state index in [4.69, 9.17) is 21.1 Å². The summed E-state index contributed by atoms with van der Waals surface area (Å²) >= 11 is 7.40. The molecule has 0 radical (unpaired) electrons. The van der Waals surface area contributed by atoms with Gasteiger partial charge in [-0.2, -0.15) is 0 Å². The van der Waals surface area contributed by atoms with Gasteiger partial charge in [0.2, 0.25) is 0 Å². The molecule has 0 N–H and O–H groups in total. The van der Waals surface area contributed by atoms with E-state index in [9.17, 15) is 0 Å². The molecule has 0 aromatic rings. The van der Waals surface area contributed by atoms with Gasteiger partial charge in [-0.05, 0) is 81.0 Å². The first kappa shape index (κ1) is 31.2. The van der Waals surface area contributed by atoms with Gasteiger partial charge in [-0.25, -0.2) is 0 Å². The van der Waals surface area contributed by atoms with Crippen LogP contribution in [0.2, 0.25) is 0 Å². The van der Waals surface area contributed by atoms with E-state index in [-0.39, 0.29) is 10.3 Å². The van der Waals surface area contributed by atoms with E-state index in [1.54, 1.807) is 0 Å². The minimum atomic E-state index is -0.113. The van der Waals surface area contributed by atoms with Crippen molar-refractivity contribution in [3.8, 4) is 0 Å². The largest absolute Gasteiger partial charge is 0.381 e. The third-order valence-electron chi connectivity index (χ3n) is 7.55. The molecule has 1 fully saturated rings. The molecule has 0 spiro atoms. The van der Waals surface area contributed by atoms with Crippen molar-refractivity contribution in [2.24, 2.45) is 35.0 Å². The molecule has 0 aromatic carbocycles. The fourth-order valence-corrected chi connectivity index (χ4v) is 6.47. The van der Waals surface area contributed by atoms with Gasteiger partial charge in [0.05, 0.1) is 13.2 Å². The van der Waals surface area contributed by atoms with E-state index < -0.39 is 0 Å². The van der Waals surface area contributed by atoms with Crippen LogP contribution in [0.5, 0.6) is 0 Å². The Morgan fingerprint density at radius 2 is 1.12 bits per heavy atom. The van der Waals surface area contributed by atoms with Crippen molar-refractivity contribution in [1.82, 2.24) is 0 Å². The van der Waals surface area contributed by atoms with Crippen molar-refractivity contribution in [3.05, 3.63) is 0 Å². The van der Waals surface area contributed by atoms with Crippen molar-refractivity contribution in [3.63, 3.8) is 0 Å². The topological polar surface area (TPSA) is 18.5 Å². The lowest BCUT2D eigenvalue weighted by Gasteiger charge is -2.44. The number of alkyl halides is 1. The summed E-state index contributed by atoms with van der Waals surface area (Å²) in [5, 5.41) is 0. The Morgan fingerprint density at radius 3 is 1.52 bits per heavy atom. The Kier molecular flexibility index (Phi) is 15.2. The second kappa shape index (κ2) is 16.1. The Bertz CT molecular complexity index is 454. The number of hydrogen-bond donors (Lipinski definition) is 0. The summed E-state index contributed by atoms with van der Waals surface area (Å²) in [6, 6.07) is 0. The van der Waals surface area contributed by atoms with Crippen LogP contribution in [0.25, 0.3) is 0 Å². The Morgan fingerprint density at radius 1 is 0.667 bits per heavy atom. The Balaban J connectivity index is 3.06. The summed E-state index contributed by atoms with van der Waals surface area (Å²) in [5.41, 5.74) is 0.0997. The van der Waals surface area contributed by atoms with Gasteiger partial charge in [-0.3, -0.25) is 0 Å². The van der Waals surface area contributed by atoms with E-state index in [0.717, 1.165) is 65.0 Å². The molecule has 0 unspecified atom stereocenters. The molecule has 33 heavy (non-hydrogen) atoms. The molecule has 0 aromatic heterocycles. The van der Waals surface area contributed by atoms with E-state index in [0.29, 0.717) is 29.6 Å². The van der Waals surface area contributed by atoms with Gasteiger partial charge in [0, 0.05) is 23.5 Å². The van der Waals surface area contributed by atoms with Gasteiger partial charge in [-0.1, -0.05) is 74.7 Å². The molecule has 0 amide bonds. The van der Waals surface area contributed by atoms with Crippen LogP contribution in [0.1, 0.15) is 126 Å². The normalized spacial score (nSPS) is 16.6. The van der Waals surface area contributed by atoms with Crippen molar-refractivity contribution in [2.45, 2.75) is 131 Å². The average Bonchev–Trinajstić information content (AvgIpc) is 2.71. The SMILES string of the molecule is CC(C)CCOCC(CCC(Cl)(CC(C)C)CC(C)C)(COCCC(C)C)C1CCCCC1. The predicted molar refractivity (Wildman–Crippen MR) is 146 cm³/mol. The van der Waals surface area contributed by atoms with Crippen molar-refractivity contribution >= 4 is 11.6 Å². The van der Waals surface area contributed by atoms with Gasteiger partial charge < -0.3 is 9.47 Å². The van der Waals surface area contributed by atoms with Crippen LogP contribution in [0.3, 0.4) is 0 Å². The van der Waals surface area contributed by atoms with Crippen molar-refractivity contribution < 1.29 is 9.47 Å². The summed E-state index contributed by atoms with van der Waals surface area (Å²) in [6.07, 6.45) is 13.4. The van der Waals surface area contributed by atoms with E-state index in [1.807, 2.05) is 0 Å². The number of ether oxygens (including phenoxy) is 2. The van der Waals surface area contributed by atoms with Gasteiger partial charge in [-0.15, -0.1) is 11.6 Å². The molecule has 0 bridgehead atoms. The molecule has 0 aliphatic heterocycles. The first-order chi connectivity index (χ1) is 15.5. The second-order valence-corrected chi connectivity index (χ2v) is 13.8. The minimum Gasteiger partial charge on any atom is -0.381 e. The van der Waals surface area contributed by atoms with E-state index >= 15 is 0 Å². The molecule has 0 heterocycles. The molecule has 1 saturated carbocycles. The monoisotopic (exact) mass is 486 g/mol. The minimum absolute atomic E-state index is 0.0997. The lowest BCUT2D eigenvalue weighted by molar-refractivity contribution is -0.0746. The molecular weight excluding hydrogens is 428 g/mol. The molecule has 3 heteroatoms. The quantitative estimate of drug-likeness (QED) is 0.142. The Hall–Kier alpha value is 0.210. The number of hydrogen-bond acceptors (Lipinski definition) is 2. The zero-order valence-electron chi connectivity index (χ0n) is 23.7.